The number of Topliss-reactive ketones (excluding diaryl/α,β-unsaturated/α-hetero) is 1. The fourth-order valence-electron chi connectivity index (χ4n) is 2.49. The van der Waals surface area contributed by atoms with Gasteiger partial charge in [-0.1, -0.05) is 61.3 Å². The minimum absolute atomic E-state index is 0.000486. The molecule has 0 aromatic heterocycles. The number of carbonyl (C=O) groups is 1. The molecular formula is C21H22Cl2O3. The molecule has 0 spiro atoms. The van der Waals surface area contributed by atoms with Gasteiger partial charge in [-0.05, 0) is 48.4 Å². The Kier molecular flexibility index (Phi) is 7.13. The van der Waals surface area contributed by atoms with Crippen LogP contribution in [-0.4, -0.2) is 19.0 Å². The molecule has 2 rings (SSSR count). The number of hydrogen-bond acceptors (Lipinski definition) is 3. The fourth-order valence-corrected chi connectivity index (χ4v) is 2.61. The van der Waals surface area contributed by atoms with Gasteiger partial charge in [0.05, 0.1) is 0 Å². The molecule has 0 saturated carbocycles. The van der Waals surface area contributed by atoms with E-state index in [2.05, 4.69) is 13.8 Å². The molecule has 0 radical (unpaired) electrons. The summed E-state index contributed by atoms with van der Waals surface area (Å²) in [7, 11) is 0. The van der Waals surface area contributed by atoms with Crippen LogP contribution in [0.4, 0.5) is 0 Å². The van der Waals surface area contributed by atoms with Crippen LogP contribution in [0, 0.1) is 0 Å². The van der Waals surface area contributed by atoms with E-state index in [1.165, 1.54) is 6.92 Å². The lowest BCUT2D eigenvalue weighted by molar-refractivity contribution is -0.118. The molecule has 0 atom stereocenters. The molecule has 5 heteroatoms. The molecule has 0 heterocycles. The van der Waals surface area contributed by atoms with Gasteiger partial charge in [-0.2, -0.15) is 0 Å². The summed E-state index contributed by atoms with van der Waals surface area (Å²) in [6.07, 6.45) is 1.59. The van der Waals surface area contributed by atoms with Gasteiger partial charge in [-0.3, -0.25) is 4.79 Å². The molecule has 0 bridgehead atoms. The minimum Gasteiger partial charge on any atom is -0.489 e. The Bertz CT molecular complexity index is 759. The molecule has 0 aliphatic rings. The van der Waals surface area contributed by atoms with Gasteiger partial charge < -0.3 is 9.47 Å². The molecule has 0 unspecified atom stereocenters. The number of carbonyl (C=O) groups excluding carboxylic acids is 1. The van der Waals surface area contributed by atoms with E-state index in [4.69, 9.17) is 32.7 Å². The van der Waals surface area contributed by atoms with Crippen molar-refractivity contribution in [3.8, 4) is 11.5 Å². The van der Waals surface area contributed by atoms with Crippen molar-refractivity contribution in [2.45, 2.75) is 26.2 Å². The van der Waals surface area contributed by atoms with Gasteiger partial charge in [0.1, 0.15) is 29.2 Å². The number of ether oxygens (including phenoxy) is 2. The van der Waals surface area contributed by atoms with Crippen LogP contribution in [0.2, 0.25) is 0 Å². The quantitative estimate of drug-likeness (QED) is 0.579. The fraction of sp³-hybridized carbons (Fsp3) is 0.286. The van der Waals surface area contributed by atoms with Crippen molar-refractivity contribution in [3.05, 3.63) is 70.2 Å². The van der Waals surface area contributed by atoms with E-state index in [9.17, 15) is 4.79 Å². The summed E-state index contributed by atoms with van der Waals surface area (Å²) in [4.78, 5) is 11.0. The van der Waals surface area contributed by atoms with Crippen LogP contribution in [0.1, 0.15) is 31.9 Å². The predicted molar refractivity (Wildman–Crippen MR) is 106 cm³/mol. The van der Waals surface area contributed by atoms with Crippen LogP contribution in [0.3, 0.4) is 0 Å². The summed E-state index contributed by atoms with van der Waals surface area (Å²) >= 11 is 11.1. The zero-order valence-corrected chi connectivity index (χ0v) is 16.6. The summed E-state index contributed by atoms with van der Waals surface area (Å²) in [5, 5.41) is 0. The maximum atomic E-state index is 11.0. The average Bonchev–Trinajstić information content (AvgIpc) is 2.60. The topological polar surface area (TPSA) is 35.5 Å². The summed E-state index contributed by atoms with van der Waals surface area (Å²) in [5.41, 5.74) is 2.13. The molecule has 0 fully saturated rings. The molecule has 0 aliphatic carbocycles. The molecule has 2 aromatic carbocycles. The van der Waals surface area contributed by atoms with Crippen LogP contribution >= 0.6 is 23.2 Å². The summed E-state index contributed by atoms with van der Waals surface area (Å²) in [6.45, 7) is 6.24. The van der Waals surface area contributed by atoms with Crippen molar-refractivity contribution in [1.29, 1.82) is 0 Å². The second-order valence-corrected chi connectivity index (χ2v) is 7.48. The second-order valence-electron chi connectivity index (χ2n) is 6.47. The van der Waals surface area contributed by atoms with Gasteiger partial charge in [0.2, 0.25) is 0 Å². The third kappa shape index (κ3) is 5.79. The molecule has 0 aliphatic heterocycles. The van der Waals surface area contributed by atoms with Crippen molar-refractivity contribution in [2.24, 2.45) is 0 Å². The normalized spacial score (nSPS) is 11.0. The van der Waals surface area contributed by atoms with Crippen LogP contribution in [0.15, 0.2) is 59.1 Å². The first-order chi connectivity index (χ1) is 12.3. The third-order valence-electron chi connectivity index (χ3n) is 4.08. The first kappa shape index (κ1) is 20.3. The number of ketones is 1. The number of hydrogen-bond donors (Lipinski definition) is 0. The number of rotatable bonds is 8. The van der Waals surface area contributed by atoms with Gasteiger partial charge in [0.15, 0.2) is 5.78 Å². The van der Waals surface area contributed by atoms with E-state index in [1.807, 2.05) is 48.5 Å². The number of benzene rings is 2. The Balaban J connectivity index is 2.08. The number of halogens is 2. The molecule has 0 amide bonds. The van der Waals surface area contributed by atoms with Crippen molar-refractivity contribution >= 4 is 29.0 Å². The molecule has 138 valence electrons. The lowest BCUT2D eigenvalue weighted by Gasteiger charge is -2.26. The van der Waals surface area contributed by atoms with Gasteiger partial charge >= 0.3 is 0 Å². The maximum absolute atomic E-state index is 11.0. The molecular weight excluding hydrogens is 371 g/mol. The average molecular weight is 393 g/mol. The SMILES string of the molecule is CC(=O)COc1ccc(C(C)(C)c2ccc(OCC=C(Cl)Cl)cc2)cc1. The molecule has 2 aromatic rings. The Morgan fingerprint density at radius 1 is 0.923 bits per heavy atom. The predicted octanol–water partition coefficient (Wildman–Crippen LogP) is 5.68. The van der Waals surface area contributed by atoms with Crippen molar-refractivity contribution in [1.82, 2.24) is 0 Å². The van der Waals surface area contributed by atoms with Crippen LogP contribution in [0.5, 0.6) is 11.5 Å². The van der Waals surface area contributed by atoms with E-state index < -0.39 is 0 Å². The Morgan fingerprint density at radius 3 is 1.81 bits per heavy atom. The van der Waals surface area contributed by atoms with Gasteiger partial charge in [0, 0.05) is 5.41 Å². The largest absolute Gasteiger partial charge is 0.489 e. The van der Waals surface area contributed by atoms with Crippen LogP contribution in [-0.2, 0) is 10.2 Å². The zero-order valence-electron chi connectivity index (χ0n) is 15.1. The van der Waals surface area contributed by atoms with Crippen LogP contribution in [0.25, 0.3) is 0 Å². The van der Waals surface area contributed by atoms with Crippen LogP contribution < -0.4 is 9.47 Å². The highest BCUT2D eigenvalue weighted by Gasteiger charge is 2.23. The molecule has 0 N–H and O–H groups in total. The Morgan fingerprint density at radius 2 is 1.38 bits per heavy atom. The molecule has 0 saturated heterocycles. The molecule has 3 nitrogen and oxygen atoms in total. The van der Waals surface area contributed by atoms with E-state index in [1.54, 1.807) is 6.08 Å². The first-order valence-corrected chi connectivity index (χ1v) is 9.02. The zero-order chi connectivity index (χ0) is 19.2. The van der Waals surface area contributed by atoms with Gasteiger partial charge in [-0.15, -0.1) is 0 Å². The smallest absolute Gasteiger partial charge is 0.167 e. The minimum atomic E-state index is -0.184. The molecule has 26 heavy (non-hydrogen) atoms. The standard InChI is InChI=1S/C21H22Cl2O3/c1-15(24)14-26-19-10-6-17(7-11-19)21(2,3)16-4-8-18(9-5-16)25-13-12-20(22)23/h4-12H,13-14H2,1-3H3. The summed E-state index contributed by atoms with van der Waals surface area (Å²) in [6, 6.07) is 15.8. The Labute approximate surface area is 164 Å². The first-order valence-electron chi connectivity index (χ1n) is 8.26. The summed E-state index contributed by atoms with van der Waals surface area (Å²) < 4.78 is 11.2. The lowest BCUT2D eigenvalue weighted by Crippen LogP contribution is -2.18. The van der Waals surface area contributed by atoms with E-state index in [0.29, 0.717) is 12.4 Å². The van der Waals surface area contributed by atoms with E-state index >= 15 is 0 Å². The Hall–Kier alpha value is -1.97. The maximum Gasteiger partial charge on any atom is 0.167 e. The highest BCUT2D eigenvalue weighted by atomic mass is 35.5. The van der Waals surface area contributed by atoms with E-state index in [-0.39, 0.29) is 22.3 Å². The third-order valence-corrected chi connectivity index (χ3v) is 4.39. The lowest BCUT2D eigenvalue weighted by atomic mass is 9.78. The highest BCUT2D eigenvalue weighted by Crippen LogP contribution is 2.33. The van der Waals surface area contributed by atoms with Crippen molar-refractivity contribution < 1.29 is 14.3 Å². The van der Waals surface area contributed by atoms with Gasteiger partial charge in [-0.25, -0.2) is 0 Å². The van der Waals surface area contributed by atoms with Crippen molar-refractivity contribution in [2.75, 3.05) is 13.2 Å². The van der Waals surface area contributed by atoms with E-state index in [0.717, 1.165) is 16.9 Å². The highest BCUT2D eigenvalue weighted by molar-refractivity contribution is 6.55. The van der Waals surface area contributed by atoms with Gasteiger partial charge in [0.25, 0.3) is 0 Å². The van der Waals surface area contributed by atoms with Crippen molar-refractivity contribution in [3.63, 3.8) is 0 Å². The second kappa shape index (κ2) is 9.11. The summed E-state index contributed by atoms with van der Waals surface area (Å²) in [5.74, 6) is 1.44. The monoisotopic (exact) mass is 392 g/mol.